The van der Waals surface area contributed by atoms with Crippen molar-refractivity contribution in [3.05, 3.63) is 100 Å². The first-order chi connectivity index (χ1) is 13.6. The van der Waals surface area contributed by atoms with Gasteiger partial charge in [-0.05, 0) is 23.3 Å². The Morgan fingerprint density at radius 2 is 1.54 bits per heavy atom. The first-order valence-corrected chi connectivity index (χ1v) is 9.23. The zero-order valence-corrected chi connectivity index (χ0v) is 15.4. The molecule has 4 heteroatoms. The molecule has 0 atom stereocenters. The van der Waals surface area contributed by atoms with Crippen molar-refractivity contribution in [1.82, 2.24) is 4.57 Å². The van der Waals surface area contributed by atoms with Crippen LogP contribution in [0.5, 0.6) is 0 Å². The third kappa shape index (κ3) is 2.38. The maximum absolute atomic E-state index is 13.6. The van der Waals surface area contributed by atoms with Crippen molar-refractivity contribution in [3.8, 4) is 11.1 Å². The maximum atomic E-state index is 13.6. The van der Waals surface area contributed by atoms with E-state index in [4.69, 9.17) is 0 Å². The highest BCUT2D eigenvalue weighted by Gasteiger charge is 2.28. The molecular weight excluding hydrogens is 348 g/mol. The predicted molar refractivity (Wildman–Crippen MR) is 112 cm³/mol. The molecule has 0 fully saturated rings. The molecule has 1 amide bonds. The maximum Gasteiger partial charge on any atom is 0.259 e. The zero-order valence-electron chi connectivity index (χ0n) is 15.4. The number of amides is 1. The summed E-state index contributed by atoms with van der Waals surface area (Å²) in [4.78, 5) is 27.9. The fourth-order valence-electron chi connectivity index (χ4n) is 4.03. The van der Waals surface area contributed by atoms with Gasteiger partial charge < -0.3 is 9.47 Å². The Morgan fingerprint density at radius 1 is 0.857 bits per heavy atom. The number of para-hydroxylation sites is 2. The van der Waals surface area contributed by atoms with Gasteiger partial charge in [-0.25, -0.2) is 0 Å². The van der Waals surface area contributed by atoms with Crippen LogP contribution in [0.3, 0.4) is 0 Å². The quantitative estimate of drug-likeness (QED) is 0.502. The molecular formula is C24H18N2O2. The van der Waals surface area contributed by atoms with Crippen molar-refractivity contribution in [2.75, 3.05) is 4.90 Å². The number of aromatic nitrogens is 1. The standard InChI is InChI=1S/C24H18N2O2/c1-25-21-12-6-4-11-19(21)20(14-23(25)27)24(28)26-15-16-8-2-3-9-17(16)18-10-5-7-13-22(18)26/h2-14H,15H2,1H3. The summed E-state index contributed by atoms with van der Waals surface area (Å²) in [6.07, 6.45) is 0. The van der Waals surface area contributed by atoms with E-state index >= 15 is 0 Å². The summed E-state index contributed by atoms with van der Waals surface area (Å²) < 4.78 is 1.57. The van der Waals surface area contributed by atoms with E-state index < -0.39 is 0 Å². The van der Waals surface area contributed by atoms with Gasteiger partial charge in [0.1, 0.15) is 0 Å². The molecule has 1 aromatic heterocycles. The molecule has 1 aliphatic heterocycles. The topological polar surface area (TPSA) is 42.3 Å². The van der Waals surface area contributed by atoms with E-state index in [-0.39, 0.29) is 11.5 Å². The lowest BCUT2D eigenvalue weighted by Crippen LogP contribution is -2.34. The molecule has 4 nitrogen and oxygen atoms in total. The van der Waals surface area contributed by atoms with Crippen molar-refractivity contribution >= 4 is 22.5 Å². The van der Waals surface area contributed by atoms with Gasteiger partial charge >= 0.3 is 0 Å². The van der Waals surface area contributed by atoms with Crippen molar-refractivity contribution < 1.29 is 4.79 Å². The highest BCUT2D eigenvalue weighted by molar-refractivity contribution is 6.15. The van der Waals surface area contributed by atoms with Gasteiger partial charge in [-0.1, -0.05) is 60.7 Å². The Bertz CT molecular complexity index is 1300. The number of fused-ring (bicyclic) bond motifs is 4. The van der Waals surface area contributed by atoms with Crippen molar-refractivity contribution in [2.45, 2.75) is 6.54 Å². The van der Waals surface area contributed by atoms with E-state index in [1.807, 2.05) is 66.7 Å². The number of nitrogens with zero attached hydrogens (tertiary/aromatic N) is 2. The third-order valence-corrected chi connectivity index (χ3v) is 5.46. The zero-order chi connectivity index (χ0) is 19.3. The molecule has 0 unspecified atom stereocenters. The molecule has 0 spiro atoms. The summed E-state index contributed by atoms with van der Waals surface area (Å²) in [6.45, 7) is 0.482. The van der Waals surface area contributed by atoms with Crippen molar-refractivity contribution in [3.63, 3.8) is 0 Å². The van der Waals surface area contributed by atoms with E-state index in [0.29, 0.717) is 12.1 Å². The van der Waals surface area contributed by atoms with Crippen LogP contribution in [0.25, 0.3) is 22.0 Å². The third-order valence-electron chi connectivity index (χ3n) is 5.46. The van der Waals surface area contributed by atoms with Gasteiger partial charge in [0.25, 0.3) is 11.5 Å². The minimum Gasteiger partial charge on any atom is -0.311 e. The van der Waals surface area contributed by atoms with Gasteiger partial charge in [0, 0.05) is 24.1 Å². The summed E-state index contributed by atoms with van der Waals surface area (Å²) in [5.74, 6) is -0.157. The lowest BCUT2D eigenvalue weighted by atomic mass is 9.93. The van der Waals surface area contributed by atoms with Crippen LogP contribution in [0, 0.1) is 0 Å². The van der Waals surface area contributed by atoms with E-state index in [1.165, 1.54) is 6.07 Å². The molecule has 0 saturated carbocycles. The summed E-state index contributed by atoms with van der Waals surface area (Å²) in [6, 6.07) is 25.1. The lowest BCUT2D eigenvalue weighted by Gasteiger charge is -2.31. The van der Waals surface area contributed by atoms with Crippen LogP contribution in [-0.4, -0.2) is 10.5 Å². The average molecular weight is 366 g/mol. The summed E-state index contributed by atoms with van der Waals surface area (Å²) in [7, 11) is 1.73. The van der Waals surface area contributed by atoms with E-state index in [0.717, 1.165) is 33.3 Å². The van der Waals surface area contributed by atoms with Crippen LogP contribution in [0.15, 0.2) is 83.7 Å². The second-order valence-electron chi connectivity index (χ2n) is 7.04. The molecule has 5 rings (SSSR count). The van der Waals surface area contributed by atoms with Gasteiger partial charge in [-0.3, -0.25) is 9.59 Å². The van der Waals surface area contributed by atoms with Gasteiger partial charge in [-0.15, -0.1) is 0 Å². The molecule has 0 N–H and O–H groups in total. The Morgan fingerprint density at radius 3 is 2.39 bits per heavy atom. The molecule has 2 heterocycles. The SMILES string of the molecule is Cn1c(=O)cc(C(=O)N2Cc3ccccc3-c3ccccc32)c2ccccc21. The van der Waals surface area contributed by atoms with Crippen LogP contribution in [-0.2, 0) is 13.6 Å². The predicted octanol–water partition coefficient (Wildman–Crippen LogP) is 4.37. The summed E-state index contributed by atoms with van der Waals surface area (Å²) in [5, 5.41) is 0.783. The first-order valence-electron chi connectivity index (χ1n) is 9.23. The largest absolute Gasteiger partial charge is 0.311 e. The molecule has 28 heavy (non-hydrogen) atoms. The molecule has 0 aliphatic carbocycles. The molecule has 136 valence electrons. The first kappa shape index (κ1) is 16.5. The fourth-order valence-corrected chi connectivity index (χ4v) is 4.03. The smallest absolute Gasteiger partial charge is 0.259 e. The van der Waals surface area contributed by atoms with E-state index in [1.54, 1.807) is 16.5 Å². The van der Waals surface area contributed by atoms with E-state index in [9.17, 15) is 9.59 Å². The molecule has 0 saturated heterocycles. The second-order valence-corrected chi connectivity index (χ2v) is 7.04. The number of pyridine rings is 1. The van der Waals surface area contributed by atoms with Gasteiger partial charge in [0.2, 0.25) is 0 Å². The minimum absolute atomic E-state index is 0.157. The van der Waals surface area contributed by atoms with E-state index in [2.05, 4.69) is 6.07 Å². The van der Waals surface area contributed by atoms with Gasteiger partial charge in [-0.2, -0.15) is 0 Å². The Hall–Kier alpha value is -3.66. The van der Waals surface area contributed by atoms with Crippen LogP contribution in [0.4, 0.5) is 5.69 Å². The summed E-state index contributed by atoms with van der Waals surface area (Å²) in [5.41, 5.74) is 5.16. The Labute approximate surface area is 162 Å². The summed E-state index contributed by atoms with van der Waals surface area (Å²) >= 11 is 0. The number of hydrogen-bond donors (Lipinski definition) is 0. The normalized spacial score (nSPS) is 12.5. The van der Waals surface area contributed by atoms with Gasteiger partial charge in [0.05, 0.1) is 23.3 Å². The lowest BCUT2D eigenvalue weighted by molar-refractivity contribution is 0.0986. The number of hydrogen-bond acceptors (Lipinski definition) is 2. The van der Waals surface area contributed by atoms with Crippen LogP contribution in [0.2, 0.25) is 0 Å². The van der Waals surface area contributed by atoms with Crippen LogP contribution < -0.4 is 10.5 Å². The molecule has 0 bridgehead atoms. The molecule has 1 aliphatic rings. The second kappa shape index (κ2) is 6.20. The number of benzene rings is 3. The van der Waals surface area contributed by atoms with Crippen molar-refractivity contribution in [1.29, 1.82) is 0 Å². The molecule has 0 radical (unpaired) electrons. The fraction of sp³-hybridized carbons (Fsp3) is 0.0833. The van der Waals surface area contributed by atoms with Gasteiger partial charge in [0.15, 0.2) is 0 Å². The molecule has 3 aromatic carbocycles. The molecule has 4 aromatic rings. The number of carbonyl (C=O) groups excluding carboxylic acids is 1. The number of anilines is 1. The Kier molecular flexibility index (Phi) is 3.66. The monoisotopic (exact) mass is 366 g/mol. The number of carbonyl (C=O) groups is 1. The van der Waals surface area contributed by atoms with Crippen molar-refractivity contribution in [2.24, 2.45) is 7.05 Å². The number of aryl methyl sites for hydroxylation is 1. The van der Waals surface area contributed by atoms with Crippen LogP contribution in [0.1, 0.15) is 15.9 Å². The number of rotatable bonds is 1. The Balaban J connectivity index is 1.72. The highest BCUT2D eigenvalue weighted by Crippen LogP contribution is 2.39. The average Bonchev–Trinajstić information content (AvgIpc) is 2.75. The highest BCUT2D eigenvalue weighted by atomic mass is 16.2. The minimum atomic E-state index is -0.187. The van der Waals surface area contributed by atoms with Crippen LogP contribution >= 0.6 is 0 Å².